The smallest absolute Gasteiger partial charge is 0.174 e. The van der Waals surface area contributed by atoms with Gasteiger partial charge in [-0.3, -0.25) is 4.98 Å². The van der Waals surface area contributed by atoms with Gasteiger partial charge >= 0.3 is 0 Å². The van der Waals surface area contributed by atoms with E-state index in [2.05, 4.69) is 51.8 Å². The molecule has 1 N–H and O–H groups in total. The second-order valence-electron chi connectivity index (χ2n) is 8.56. The molecule has 0 aliphatic carbocycles. The summed E-state index contributed by atoms with van der Waals surface area (Å²) in [4.78, 5) is 6.86. The van der Waals surface area contributed by atoms with Crippen LogP contribution >= 0.6 is 12.2 Å². The van der Waals surface area contributed by atoms with Crippen LogP contribution in [-0.2, 0) is 0 Å². The molecule has 2 aromatic carbocycles. The molecule has 2 aromatic heterocycles. The number of hydrogen-bond donors (Lipinski definition) is 1. The monoisotopic (exact) mass is 484 g/mol. The second kappa shape index (κ2) is 9.43. The zero-order valence-electron chi connectivity index (χ0n) is 20.2. The Kier molecular flexibility index (Phi) is 6.17. The van der Waals surface area contributed by atoms with Gasteiger partial charge in [0.1, 0.15) is 11.5 Å². The summed E-state index contributed by atoms with van der Waals surface area (Å²) in [5.41, 5.74) is 6.47. The van der Waals surface area contributed by atoms with Gasteiger partial charge in [-0.15, -0.1) is 0 Å². The second-order valence-corrected chi connectivity index (χ2v) is 8.94. The highest BCUT2D eigenvalue weighted by atomic mass is 32.1. The molecule has 178 valence electrons. The maximum Gasteiger partial charge on any atom is 0.174 e. The first-order valence-electron chi connectivity index (χ1n) is 11.5. The van der Waals surface area contributed by atoms with Crippen LogP contribution in [0.15, 0.2) is 79.0 Å². The van der Waals surface area contributed by atoms with Gasteiger partial charge in [-0.25, -0.2) is 0 Å². The van der Waals surface area contributed by atoms with Gasteiger partial charge in [-0.05, 0) is 86.2 Å². The molecule has 6 nitrogen and oxygen atoms in total. The Hall–Kier alpha value is -3.84. The van der Waals surface area contributed by atoms with Crippen LogP contribution in [0, 0.1) is 13.8 Å². The van der Waals surface area contributed by atoms with Crippen LogP contribution in [-0.4, -0.2) is 28.9 Å². The van der Waals surface area contributed by atoms with E-state index < -0.39 is 0 Å². The SMILES string of the molecule is COc1ccc(N2C(=S)N[C@@H](c3ccccn3)[C@@H]2c2cc(C)n(-c3cccc(OC)c3)c2C)cc1. The van der Waals surface area contributed by atoms with Crippen molar-refractivity contribution >= 4 is 23.0 Å². The maximum atomic E-state index is 5.88. The van der Waals surface area contributed by atoms with E-state index in [4.69, 9.17) is 21.7 Å². The number of benzene rings is 2. The summed E-state index contributed by atoms with van der Waals surface area (Å²) < 4.78 is 13.1. The van der Waals surface area contributed by atoms with Gasteiger partial charge in [0.05, 0.1) is 32.0 Å². The highest BCUT2D eigenvalue weighted by Gasteiger charge is 2.42. The van der Waals surface area contributed by atoms with Crippen molar-refractivity contribution in [2.75, 3.05) is 19.1 Å². The molecule has 0 bridgehead atoms. The third kappa shape index (κ3) is 4.12. The molecule has 3 heterocycles. The average molecular weight is 485 g/mol. The predicted octanol–water partition coefficient (Wildman–Crippen LogP) is 5.68. The van der Waals surface area contributed by atoms with Crippen molar-refractivity contribution in [2.24, 2.45) is 0 Å². The van der Waals surface area contributed by atoms with Crippen molar-refractivity contribution in [1.29, 1.82) is 0 Å². The standard InChI is InChI=1S/C28H28N4O2S/c1-18-16-24(19(2)31(18)21-8-7-9-23(17-21)34-4)27-26(25-10-5-6-15-29-25)30-28(35)32(27)20-11-13-22(33-3)14-12-20/h5-17,26-27H,1-4H3,(H,30,35)/t26-,27-/m0/s1. The molecule has 35 heavy (non-hydrogen) atoms. The van der Waals surface area contributed by atoms with E-state index in [-0.39, 0.29) is 12.1 Å². The van der Waals surface area contributed by atoms with E-state index in [0.29, 0.717) is 5.11 Å². The molecule has 2 atom stereocenters. The third-order valence-corrected chi connectivity index (χ3v) is 6.86. The van der Waals surface area contributed by atoms with Crippen LogP contribution in [0.25, 0.3) is 5.69 Å². The van der Waals surface area contributed by atoms with Gasteiger partial charge in [-0.2, -0.15) is 0 Å². The largest absolute Gasteiger partial charge is 0.497 e. The van der Waals surface area contributed by atoms with Crippen LogP contribution in [0.2, 0.25) is 0 Å². The van der Waals surface area contributed by atoms with Crippen molar-refractivity contribution in [3.05, 3.63) is 102 Å². The number of aromatic nitrogens is 2. The molecule has 5 rings (SSSR count). The highest BCUT2D eigenvalue weighted by molar-refractivity contribution is 7.80. The van der Waals surface area contributed by atoms with Crippen molar-refractivity contribution < 1.29 is 9.47 Å². The molecule has 0 spiro atoms. The Balaban J connectivity index is 1.66. The topological polar surface area (TPSA) is 51.5 Å². The molecule has 1 aliphatic heterocycles. The summed E-state index contributed by atoms with van der Waals surface area (Å²) in [5.74, 6) is 1.63. The minimum absolute atomic E-state index is 0.0867. The first kappa shape index (κ1) is 22.9. The van der Waals surface area contributed by atoms with E-state index in [0.717, 1.165) is 40.0 Å². The molecule has 0 unspecified atom stereocenters. The lowest BCUT2D eigenvalue weighted by Crippen LogP contribution is -2.29. The Morgan fingerprint density at radius 1 is 0.857 bits per heavy atom. The minimum Gasteiger partial charge on any atom is -0.497 e. The molecule has 7 heteroatoms. The minimum atomic E-state index is -0.106. The number of nitrogens with zero attached hydrogens (tertiary/aromatic N) is 3. The van der Waals surface area contributed by atoms with Gasteiger partial charge in [0.15, 0.2) is 5.11 Å². The van der Waals surface area contributed by atoms with Crippen LogP contribution < -0.4 is 19.7 Å². The van der Waals surface area contributed by atoms with Crippen LogP contribution in [0.3, 0.4) is 0 Å². The quantitative estimate of drug-likeness (QED) is 0.355. The van der Waals surface area contributed by atoms with E-state index in [1.807, 2.05) is 60.8 Å². The first-order chi connectivity index (χ1) is 17.0. The van der Waals surface area contributed by atoms with Crippen LogP contribution in [0.5, 0.6) is 11.5 Å². The summed E-state index contributed by atoms with van der Waals surface area (Å²) in [6.07, 6.45) is 1.83. The number of methoxy groups -OCH3 is 2. The summed E-state index contributed by atoms with van der Waals surface area (Å²) in [6.45, 7) is 4.29. The van der Waals surface area contributed by atoms with Gasteiger partial charge in [0.25, 0.3) is 0 Å². The number of nitrogens with one attached hydrogen (secondary N) is 1. The lowest BCUT2D eigenvalue weighted by Gasteiger charge is -2.28. The fourth-order valence-electron chi connectivity index (χ4n) is 4.93. The van der Waals surface area contributed by atoms with Crippen molar-refractivity contribution in [2.45, 2.75) is 25.9 Å². The molecule has 4 aromatic rings. The Bertz CT molecular complexity index is 1350. The molecule has 1 saturated heterocycles. The van der Waals surface area contributed by atoms with E-state index in [9.17, 15) is 0 Å². The number of ether oxygens (including phenoxy) is 2. The van der Waals surface area contributed by atoms with E-state index in [1.54, 1.807) is 14.2 Å². The summed E-state index contributed by atoms with van der Waals surface area (Å²) in [5, 5.41) is 4.21. The first-order valence-corrected chi connectivity index (χ1v) is 11.9. The zero-order valence-corrected chi connectivity index (χ0v) is 21.0. The molecule has 0 amide bonds. The molecule has 1 fully saturated rings. The van der Waals surface area contributed by atoms with Gasteiger partial charge in [0.2, 0.25) is 0 Å². The Morgan fingerprint density at radius 3 is 2.31 bits per heavy atom. The lowest BCUT2D eigenvalue weighted by molar-refractivity contribution is 0.414. The average Bonchev–Trinajstić information content (AvgIpc) is 3.39. The van der Waals surface area contributed by atoms with Gasteiger partial charge in [-0.1, -0.05) is 12.1 Å². The number of pyridine rings is 1. The van der Waals surface area contributed by atoms with Gasteiger partial charge < -0.3 is 24.3 Å². The molecule has 1 aliphatic rings. The lowest BCUT2D eigenvalue weighted by atomic mass is 9.96. The summed E-state index contributed by atoms with van der Waals surface area (Å²) in [6, 6.07) is 24.2. The number of hydrogen-bond acceptors (Lipinski definition) is 4. The summed E-state index contributed by atoms with van der Waals surface area (Å²) >= 11 is 5.88. The van der Waals surface area contributed by atoms with Crippen LogP contribution in [0.1, 0.15) is 34.7 Å². The van der Waals surface area contributed by atoms with Crippen LogP contribution in [0.4, 0.5) is 5.69 Å². The van der Waals surface area contributed by atoms with Gasteiger partial charge in [0, 0.05) is 35.0 Å². The molecule has 0 radical (unpaired) electrons. The molecular formula is C28H28N4O2S. The fraction of sp³-hybridized carbons (Fsp3) is 0.214. The molecule has 0 saturated carbocycles. The van der Waals surface area contributed by atoms with E-state index in [1.165, 1.54) is 5.56 Å². The fourth-order valence-corrected chi connectivity index (χ4v) is 5.27. The van der Waals surface area contributed by atoms with Crippen molar-refractivity contribution in [1.82, 2.24) is 14.9 Å². The number of anilines is 1. The number of aryl methyl sites for hydroxylation is 1. The zero-order chi connectivity index (χ0) is 24.5. The maximum absolute atomic E-state index is 5.88. The summed E-state index contributed by atoms with van der Waals surface area (Å²) in [7, 11) is 3.36. The van der Waals surface area contributed by atoms with Crippen molar-refractivity contribution in [3.63, 3.8) is 0 Å². The highest BCUT2D eigenvalue weighted by Crippen LogP contribution is 2.44. The van der Waals surface area contributed by atoms with Crippen molar-refractivity contribution in [3.8, 4) is 17.2 Å². The Labute approximate surface area is 211 Å². The third-order valence-electron chi connectivity index (χ3n) is 6.55. The normalized spacial score (nSPS) is 17.4. The predicted molar refractivity (Wildman–Crippen MR) is 143 cm³/mol. The van der Waals surface area contributed by atoms with E-state index >= 15 is 0 Å². The molecular weight excluding hydrogens is 456 g/mol. The number of rotatable bonds is 6. The Morgan fingerprint density at radius 2 is 1.63 bits per heavy atom. The number of thiocarbonyl (C=S) groups is 1.